The Morgan fingerprint density at radius 3 is 2.68 bits per heavy atom. The lowest BCUT2D eigenvalue weighted by Crippen LogP contribution is -2.52. The van der Waals surface area contributed by atoms with Crippen molar-refractivity contribution < 1.29 is 9.53 Å². The highest BCUT2D eigenvalue weighted by Gasteiger charge is 2.33. The van der Waals surface area contributed by atoms with Gasteiger partial charge in [0.25, 0.3) is 0 Å². The number of piperidine rings is 1. The molecule has 2 aliphatic rings. The zero-order valence-corrected chi connectivity index (χ0v) is 13.3. The maximum absolute atomic E-state index is 12.8. The van der Waals surface area contributed by atoms with Crippen molar-refractivity contribution in [3.63, 3.8) is 0 Å². The molecule has 0 spiro atoms. The number of morpholine rings is 1. The van der Waals surface area contributed by atoms with Crippen LogP contribution < -0.4 is 4.90 Å². The SMILES string of the molecule is C[C@@H]1CN(C(=O)[C@H]2CCCN(c3cnccn3)C2)C[C@@H](C)O1. The summed E-state index contributed by atoms with van der Waals surface area (Å²) in [6.07, 6.45) is 7.35. The van der Waals surface area contributed by atoms with E-state index in [9.17, 15) is 4.79 Å². The third kappa shape index (κ3) is 3.38. The second-order valence-corrected chi connectivity index (χ2v) is 6.35. The number of ether oxygens (including phenoxy) is 1. The van der Waals surface area contributed by atoms with Gasteiger partial charge in [0.05, 0.1) is 24.3 Å². The number of amides is 1. The van der Waals surface area contributed by atoms with E-state index in [1.165, 1.54) is 0 Å². The fraction of sp³-hybridized carbons (Fsp3) is 0.688. The van der Waals surface area contributed by atoms with Gasteiger partial charge in [0, 0.05) is 38.6 Å². The van der Waals surface area contributed by atoms with Gasteiger partial charge in [-0.1, -0.05) is 0 Å². The smallest absolute Gasteiger partial charge is 0.227 e. The molecule has 2 fully saturated rings. The Morgan fingerprint density at radius 1 is 1.23 bits per heavy atom. The maximum atomic E-state index is 12.8. The maximum Gasteiger partial charge on any atom is 0.227 e. The van der Waals surface area contributed by atoms with Gasteiger partial charge >= 0.3 is 0 Å². The van der Waals surface area contributed by atoms with Gasteiger partial charge in [0.15, 0.2) is 0 Å². The number of hydrogen-bond donors (Lipinski definition) is 0. The average molecular weight is 304 g/mol. The van der Waals surface area contributed by atoms with Crippen LogP contribution in [0.5, 0.6) is 0 Å². The van der Waals surface area contributed by atoms with Crippen molar-refractivity contribution in [1.29, 1.82) is 0 Å². The summed E-state index contributed by atoms with van der Waals surface area (Å²) in [6, 6.07) is 0. The normalized spacial score (nSPS) is 29.5. The van der Waals surface area contributed by atoms with E-state index in [4.69, 9.17) is 4.74 Å². The summed E-state index contributed by atoms with van der Waals surface area (Å²) >= 11 is 0. The molecule has 22 heavy (non-hydrogen) atoms. The zero-order valence-electron chi connectivity index (χ0n) is 13.3. The average Bonchev–Trinajstić information content (AvgIpc) is 2.54. The van der Waals surface area contributed by atoms with Crippen molar-refractivity contribution in [3.8, 4) is 0 Å². The minimum absolute atomic E-state index is 0.0493. The Morgan fingerprint density at radius 2 is 2.00 bits per heavy atom. The second kappa shape index (κ2) is 6.60. The van der Waals surface area contributed by atoms with Crippen LogP contribution in [0.3, 0.4) is 0 Å². The van der Waals surface area contributed by atoms with Crippen molar-refractivity contribution >= 4 is 11.7 Å². The van der Waals surface area contributed by atoms with Crippen LogP contribution in [0.15, 0.2) is 18.6 Å². The van der Waals surface area contributed by atoms with E-state index in [2.05, 4.69) is 14.9 Å². The van der Waals surface area contributed by atoms with E-state index >= 15 is 0 Å². The molecule has 0 aliphatic carbocycles. The lowest BCUT2D eigenvalue weighted by Gasteiger charge is -2.39. The molecule has 3 rings (SSSR count). The minimum atomic E-state index is 0.0493. The Labute approximate surface area is 131 Å². The largest absolute Gasteiger partial charge is 0.372 e. The third-order valence-electron chi connectivity index (χ3n) is 4.38. The van der Waals surface area contributed by atoms with E-state index in [-0.39, 0.29) is 24.0 Å². The molecular formula is C16H24N4O2. The van der Waals surface area contributed by atoms with Gasteiger partial charge in [0.1, 0.15) is 5.82 Å². The van der Waals surface area contributed by atoms with Crippen LogP contribution in [-0.4, -0.2) is 59.2 Å². The van der Waals surface area contributed by atoms with Gasteiger partial charge in [-0.3, -0.25) is 9.78 Å². The highest BCUT2D eigenvalue weighted by molar-refractivity contribution is 5.80. The number of carbonyl (C=O) groups is 1. The molecule has 6 heteroatoms. The summed E-state index contributed by atoms with van der Waals surface area (Å²) in [4.78, 5) is 25.5. The molecule has 3 heterocycles. The van der Waals surface area contributed by atoms with Crippen molar-refractivity contribution in [2.75, 3.05) is 31.1 Å². The molecule has 2 saturated heterocycles. The van der Waals surface area contributed by atoms with E-state index in [1.54, 1.807) is 18.6 Å². The molecule has 0 radical (unpaired) electrons. The highest BCUT2D eigenvalue weighted by Crippen LogP contribution is 2.24. The van der Waals surface area contributed by atoms with E-state index in [0.29, 0.717) is 13.1 Å². The van der Waals surface area contributed by atoms with E-state index in [0.717, 1.165) is 31.7 Å². The lowest BCUT2D eigenvalue weighted by atomic mass is 9.96. The highest BCUT2D eigenvalue weighted by atomic mass is 16.5. The molecule has 6 nitrogen and oxygen atoms in total. The first kappa shape index (κ1) is 15.2. The predicted octanol–water partition coefficient (Wildman–Crippen LogP) is 1.33. The van der Waals surface area contributed by atoms with Crippen molar-refractivity contribution in [1.82, 2.24) is 14.9 Å². The molecule has 0 aromatic carbocycles. The van der Waals surface area contributed by atoms with E-state index in [1.807, 2.05) is 18.7 Å². The molecule has 0 N–H and O–H groups in total. The predicted molar refractivity (Wildman–Crippen MR) is 83.6 cm³/mol. The number of anilines is 1. The van der Waals surface area contributed by atoms with Gasteiger partial charge < -0.3 is 14.5 Å². The second-order valence-electron chi connectivity index (χ2n) is 6.35. The van der Waals surface area contributed by atoms with Crippen LogP contribution in [0.25, 0.3) is 0 Å². The van der Waals surface area contributed by atoms with Crippen LogP contribution in [0, 0.1) is 5.92 Å². The van der Waals surface area contributed by atoms with Crippen molar-refractivity contribution in [3.05, 3.63) is 18.6 Å². The first-order chi connectivity index (χ1) is 10.6. The fourth-order valence-electron chi connectivity index (χ4n) is 3.46. The molecule has 1 aromatic heterocycles. The molecule has 120 valence electrons. The lowest BCUT2D eigenvalue weighted by molar-refractivity contribution is -0.147. The van der Waals surface area contributed by atoms with Gasteiger partial charge in [0.2, 0.25) is 5.91 Å². The molecule has 0 bridgehead atoms. The fourth-order valence-corrected chi connectivity index (χ4v) is 3.46. The van der Waals surface area contributed by atoms with Crippen LogP contribution in [0.2, 0.25) is 0 Å². The summed E-state index contributed by atoms with van der Waals surface area (Å²) in [5, 5.41) is 0. The number of carbonyl (C=O) groups excluding carboxylic acids is 1. The number of nitrogens with zero attached hydrogens (tertiary/aromatic N) is 4. The Hall–Kier alpha value is -1.69. The van der Waals surface area contributed by atoms with Gasteiger partial charge in [-0.15, -0.1) is 0 Å². The van der Waals surface area contributed by atoms with Crippen molar-refractivity contribution in [2.45, 2.75) is 38.9 Å². The quantitative estimate of drug-likeness (QED) is 0.825. The standard InChI is InChI=1S/C16H24N4O2/c1-12-9-20(10-13(2)22-12)16(21)14-4-3-7-19(11-14)15-8-17-5-6-18-15/h5-6,8,12-14H,3-4,7,9-11H2,1-2H3/t12-,13-,14+/m1/s1. The van der Waals surface area contributed by atoms with Crippen LogP contribution in [0.4, 0.5) is 5.82 Å². The Balaban J connectivity index is 1.65. The molecule has 3 atom stereocenters. The van der Waals surface area contributed by atoms with Crippen molar-refractivity contribution in [2.24, 2.45) is 5.92 Å². The summed E-state index contributed by atoms with van der Waals surface area (Å²) in [5.74, 6) is 1.17. The molecule has 0 unspecified atom stereocenters. The van der Waals surface area contributed by atoms with Crippen LogP contribution in [-0.2, 0) is 9.53 Å². The van der Waals surface area contributed by atoms with Gasteiger partial charge in [-0.05, 0) is 26.7 Å². The summed E-state index contributed by atoms with van der Waals surface area (Å²) < 4.78 is 5.72. The van der Waals surface area contributed by atoms with E-state index < -0.39 is 0 Å². The zero-order chi connectivity index (χ0) is 15.5. The minimum Gasteiger partial charge on any atom is -0.372 e. The molecule has 1 aromatic rings. The van der Waals surface area contributed by atoms with Gasteiger partial charge in [-0.25, -0.2) is 4.98 Å². The van der Waals surface area contributed by atoms with Crippen LogP contribution in [0.1, 0.15) is 26.7 Å². The monoisotopic (exact) mass is 304 g/mol. The third-order valence-corrected chi connectivity index (χ3v) is 4.38. The topological polar surface area (TPSA) is 58.6 Å². The molecule has 0 saturated carbocycles. The Bertz CT molecular complexity index is 500. The van der Waals surface area contributed by atoms with Crippen LogP contribution >= 0.6 is 0 Å². The number of rotatable bonds is 2. The summed E-state index contributed by atoms with van der Waals surface area (Å²) in [5.41, 5.74) is 0. The Kier molecular flexibility index (Phi) is 4.57. The summed E-state index contributed by atoms with van der Waals surface area (Å²) in [6.45, 7) is 7.14. The molecule has 2 aliphatic heterocycles. The summed E-state index contributed by atoms with van der Waals surface area (Å²) in [7, 11) is 0. The first-order valence-electron chi connectivity index (χ1n) is 8.08. The van der Waals surface area contributed by atoms with Gasteiger partial charge in [-0.2, -0.15) is 0 Å². The number of aromatic nitrogens is 2. The molecule has 1 amide bonds. The molecular weight excluding hydrogens is 280 g/mol. The first-order valence-corrected chi connectivity index (χ1v) is 8.08. The number of hydrogen-bond acceptors (Lipinski definition) is 5.